The van der Waals surface area contributed by atoms with E-state index in [4.69, 9.17) is 14.6 Å². The molecular weight excluding hydrogens is 503 g/mol. The van der Waals surface area contributed by atoms with Crippen molar-refractivity contribution in [2.45, 2.75) is 23.0 Å². The van der Waals surface area contributed by atoms with Crippen LogP contribution in [0.3, 0.4) is 0 Å². The maximum absolute atomic E-state index is 13.2. The number of hydrogen-bond donors (Lipinski definition) is 1. The molecule has 4 rings (SSSR count). The zero-order valence-electron chi connectivity index (χ0n) is 19.6. The Hall–Kier alpha value is -3.16. The van der Waals surface area contributed by atoms with Crippen molar-refractivity contribution in [1.82, 2.24) is 9.21 Å². The second-order valence-corrected chi connectivity index (χ2v) is 10.4. The third kappa shape index (κ3) is 5.79. The van der Waals surface area contributed by atoms with E-state index in [1.165, 1.54) is 11.4 Å². The van der Waals surface area contributed by atoms with Crippen LogP contribution in [0.2, 0.25) is 0 Å². The maximum Gasteiger partial charge on any atom is 0.490 e. The molecule has 36 heavy (non-hydrogen) atoms. The van der Waals surface area contributed by atoms with Crippen molar-refractivity contribution in [3.05, 3.63) is 54.6 Å². The first-order chi connectivity index (χ1) is 16.8. The number of halogens is 3. The lowest BCUT2D eigenvalue weighted by Crippen LogP contribution is -2.64. The number of carbonyl (C=O) groups excluding carboxylic acids is 1. The average molecular weight is 530 g/mol. The Balaban J connectivity index is 0.000000454. The Labute approximate surface area is 206 Å². The number of rotatable bonds is 4. The number of piperazine rings is 1. The van der Waals surface area contributed by atoms with Gasteiger partial charge in [0.05, 0.1) is 24.1 Å². The third-order valence-corrected chi connectivity index (χ3v) is 8.06. The van der Waals surface area contributed by atoms with Gasteiger partial charge in [0.2, 0.25) is 15.9 Å². The van der Waals surface area contributed by atoms with Crippen molar-refractivity contribution >= 4 is 27.6 Å². The van der Waals surface area contributed by atoms with Gasteiger partial charge in [-0.25, -0.2) is 13.2 Å². The highest BCUT2D eigenvalue weighted by Gasteiger charge is 2.50. The Morgan fingerprint density at radius 1 is 1.08 bits per heavy atom. The van der Waals surface area contributed by atoms with Crippen molar-refractivity contribution in [1.29, 1.82) is 0 Å². The average Bonchev–Trinajstić information content (AvgIpc) is 3.28. The van der Waals surface area contributed by atoms with Gasteiger partial charge in [0, 0.05) is 31.4 Å². The number of benzene rings is 2. The number of methoxy groups -OCH3 is 1. The largest absolute Gasteiger partial charge is 0.497 e. The SMILES string of the molecule is COc1cccc(S(=O)(=O)N2CCC3(CN(c4ccccc4)C(=O)CN3C)C2)c1.O=C(O)C(F)(F)F. The summed E-state index contributed by atoms with van der Waals surface area (Å²) < 4.78 is 64.9. The number of nitrogens with zero attached hydrogens (tertiary/aromatic N) is 3. The van der Waals surface area contributed by atoms with Gasteiger partial charge in [-0.15, -0.1) is 0 Å². The minimum absolute atomic E-state index is 0.0263. The lowest BCUT2D eigenvalue weighted by Gasteiger charge is -2.46. The lowest BCUT2D eigenvalue weighted by atomic mass is 9.92. The minimum atomic E-state index is -5.08. The number of carboxylic acid groups (broad SMARTS) is 1. The summed E-state index contributed by atoms with van der Waals surface area (Å²) in [6.45, 7) is 1.50. The molecule has 1 amide bonds. The molecule has 2 heterocycles. The first kappa shape index (κ1) is 27.4. The van der Waals surface area contributed by atoms with Crippen LogP contribution in [-0.4, -0.2) is 86.7 Å². The Kier molecular flexibility index (Phi) is 7.96. The zero-order valence-corrected chi connectivity index (χ0v) is 20.4. The molecule has 9 nitrogen and oxygen atoms in total. The molecule has 0 aliphatic carbocycles. The molecule has 1 unspecified atom stereocenters. The monoisotopic (exact) mass is 529 g/mol. The molecule has 1 spiro atoms. The van der Waals surface area contributed by atoms with Crippen molar-refractivity contribution in [3.8, 4) is 5.75 Å². The third-order valence-electron chi connectivity index (χ3n) is 6.22. The van der Waals surface area contributed by atoms with E-state index in [1.54, 1.807) is 29.2 Å². The molecule has 2 aliphatic rings. The highest BCUT2D eigenvalue weighted by molar-refractivity contribution is 7.89. The lowest BCUT2D eigenvalue weighted by molar-refractivity contribution is -0.192. The fourth-order valence-corrected chi connectivity index (χ4v) is 5.73. The molecule has 1 N–H and O–H groups in total. The number of para-hydroxylation sites is 1. The first-order valence-electron chi connectivity index (χ1n) is 10.8. The number of hydrogen-bond acceptors (Lipinski definition) is 6. The fourth-order valence-electron chi connectivity index (χ4n) is 4.18. The Morgan fingerprint density at radius 3 is 2.31 bits per heavy atom. The molecule has 196 valence electrons. The number of carbonyl (C=O) groups is 2. The van der Waals surface area contributed by atoms with Crippen LogP contribution < -0.4 is 9.64 Å². The number of likely N-dealkylation sites (N-methyl/N-ethyl adjacent to an activating group) is 1. The summed E-state index contributed by atoms with van der Waals surface area (Å²) in [5.74, 6) is -2.22. The van der Waals surface area contributed by atoms with E-state index >= 15 is 0 Å². The molecule has 2 aromatic rings. The summed E-state index contributed by atoms with van der Waals surface area (Å²) in [4.78, 5) is 25.6. The zero-order chi connectivity index (χ0) is 26.7. The van der Waals surface area contributed by atoms with Crippen molar-refractivity contribution in [2.75, 3.05) is 45.2 Å². The molecule has 2 saturated heterocycles. The summed E-state index contributed by atoms with van der Waals surface area (Å²) in [5, 5.41) is 7.12. The molecule has 2 aromatic carbocycles. The number of alkyl halides is 3. The number of carboxylic acids is 1. The summed E-state index contributed by atoms with van der Waals surface area (Å²) in [6, 6.07) is 16.1. The minimum Gasteiger partial charge on any atom is -0.497 e. The van der Waals surface area contributed by atoms with Crippen molar-refractivity contribution in [2.24, 2.45) is 0 Å². The van der Waals surface area contributed by atoms with Gasteiger partial charge < -0.3 is 14.7 Å². The quantitative estimate of drug-likeness (QED) is 0.648. The van der Waals surface area contributed by atoms with Gasteiger partial charge in [0.25, 0.3) is 0 Å². The topological polar surface area (TPSA) is 107 Å². The van der Waals surface area contributed by atoms with E-state index in [9.17, 15) is 26.4 Å². The number of amides is 1. The standard InChI is InChI=1S/C21H25N3O4S.C2HF3O2/c1-22-14-20(25)24(17-7-4-3-5-8-17)16-21(22)11-12-23(15-21)29(26,27)19-10-6-9-18(13-19)28-2;3-2(4,5)1(6)7/h3-10,13H,11-12,14-16H2,1-2H3;(H,6,7). The van der Waals surface area contributed by atoms with Gasteiger partial charge in [0.15, 0.2) is 0 Å². The van der Waals surface area contributed by atoms with E-state index in [1.807, 2.05) is 42.3 Å². The second kappa shape index (κ2) is 10.4. The summed E-state index contributed by atoms with van der Waals surface area (Å²) in [6.07, 6.45) is -4.41. The molecule has 0 saturated carbocycles. The number of sulfonamides is 1. The molecule has 0 aromatic heterocycles. The number of aliphatic carboxylic acids is 1. The van der Waals surface area contributed by atoms with E-state index in [0.29, 0.717) is 31.8 Å². The van der Waals surface area contributed by atoms with Crippen LogP contribution in [-0.2, 0) is 19.6 Å². The second-order valence-electron chi connectivity index (χ2n) is 8.47. The predicted octanol–water partition coefficient (Wildman–Crippen LogP) is 2.44. The molecule has 0 radical (unpaired) electrons. The van der Waals surface area contributed by atoms with E-state index < -0.39 is 27.7 Å². The smallest absolute Gasteiger partial charge is 0.490 e. The molecule has 1 atom stereocenters. The Bertz CT molecular complexity index is 1210. The van der Waals surface area contributed by atoms with Gasteiger partial charge >= 0.3 is 12.1 Å². The van der Waals surface area contributed by atoms with E-state index in [0.717, 1.165) is 5.69 Å². The molecular formula is C23H26F3N3O6S. The predicted molar refractivity (Wildman–Crippen MR) is 124 cm³/mol. The van der Waals surface area contributed by atoms with Crippen LogP contribution in [0.15, 0.2) is 59.5 Å². The van der Waals surface area contributed by atoms with E-state index in [2.05, 4.69) is 0 Å². The molecule has 13 heteroatoms. The van der Waals surface area contributed by atoms with Gasteiger partial charge in [-0.2, -0.15) is 17.5 Å². The molecule has 2 aliphatic heterocycles. The molecule has 0 bridgehead atoms. The van der Waals surface area contributed by atoms with Crippen molar-refractivity contribution < 1.29 is 41.0 Å². The fraction of sp³-hybridized carbons (Fsp3) is 0.391. The Morgan fingerprint density at radius 2 is 1.72 bits per heavy atom. The van der Waals surface area contributed by atoms with Crippen molar-refractivity contribution in [3.63, 3.8) is 0 Å². The van der Waals surface area contributed by atoms with Gasteiger partial charge in [-0.05, 0) is 37.7 Å². The van der Waals surface area contributed by atoms with Crippen LogP contribution in [0.25, 0.3) is 0 Å². The van der Waals surface area contributed by atoms with Crippen LogP contribution in [0.1, 0.15) is 6.42 Å². The highest BCUT2D eigenvalue weighted by Crippen LogP contribution is 2.36. The first-order valence-corrected chi connectivity index (χ1v) is 12.3. The van der Waals surface area contributed by atoms with Crippen LogP contribution in [0.5, 0.6) is 5.75 Å². The van der Waals surface area contributed by atoms with Crippen LogP contribution in [0.4, 0.5) is 18.9 Å². The van der Waals surface area contributed by atoms with Gasteiger partial charge in [-0.3, -0.25) is 9.69 Å². The summed E-state index contributed by atoms with van der Waals surface area (Å²) >= 11 is 0. The van der Waals surface area contributed by atoms with E-state index in [-0.39, 0.29) is 17.3 Å². The number of anilines is 1. The summed E-state index contributed by atoms with van der Waals surface area (Å²) in [7, 11) is -0.221. The van der Waals surface area contributed by atoms with Crippen LogP contribution >= 0.6 is 0 Å². The maximum atomic E-state index is 13.2. The molecule has 2 fully saturated rings. The number of ether oxygens (including phenoxy) is 1. The normalized spacial score (nSPS) is 21.2. The van der Waals surface area contributed by atoms with Crippen LogP contribution in [0, 0.1) is 0 Å². The van der Waals surface area contributed by atoms with Gasteiger partial charge in [-0.1, -0.05) is 24.3 Å². The van der Waals surface area contributed by atoms with Gasteiger partial charge in [0.1, 0.15) is 5.75 Å². The highest BCUT2D eigenvalue weighted by atomic mass is 32.2. The summed E-state index contributed by atoms with van der Waals surface area (Å²) in [5.41, 5.74) is 0.439.